The van der Waals surface area contributed by atoms with Crippen molar-refractivity contribution in [1.82, 2.24) is 4.98 Å². The lowest BCUT2D eigenvalue weighted by atomic mass is 10.0. The Morgan fingerprint density at radius 1 is 0.893 bits per heavy atom. The van der Waals surface area contributed by atoms with E-state index >= 15 is 0 Å². The van der Waals surface area contributed by atoms with Crippen molar-refractivity contribution in [3.63, 3.8) is 0 Å². The van der Waals surface area contributed by atoms with E-state index in [0.29, 0.717) is 15.6 Å². The second kappa shape index (κ2) is 8.22. The number of nitrogens with zero attached hydrogens (tertiary/aromatic N) is 2. The molecule has 1 heterocycles. The maximum absolute atomic E-state index is 9.57. The fourth-order valence-electron chi connectivity index (χ4n) is 2.90. The molecule has 0 bridgehead atoms. The second-order valence-electron chi connectivity index (χ2n) is 6.21. The molecule has 0 saturated carbocycles. The van der Waals surface area contributed by atoms with Gasteiger partial charge in [-0.2, -0.15) is 5.26 Å². The van der Waals surface area contributed by atoms with E-state index in [0.717, 1.165) is 16.8 Å². The van der Waals surface area contributed by atoms with Crippen LogP contribution in [-0.4, -0.2) is 4.98 Å². The van der Waals surface area contributed by atoms with Gasteiger partial charge in [0.05, 0.1) is 11.3 Å². The Bertz CT molecular complexity index is 1170. The molecule has 0 N–H and O–H groups in total. The van der Waals surface area contributed by atoms with Gasteiger partial charge in [0.1, 0.15) is 11.1 Å². The van der Waals surface area contributed by atoms with Gasteiger partial charge < -0.3 is 0 Å². The summed E-state index contributed by atoms with van der Waals surface area (Å²) in [6, 6.07) is 28.3. The quantitative estimate of drug-likeness (QED) is 0.341. The first kappa shape index (κ1) is 18.2. The third-order valence-corrected chi connectivity index (χ3v) is 5.41. The average molecular weight is 399 g/mol. The van der Waals surface area contributed by atoms with Gasteiger partial charge in [-0.1, -0.05) is 78.3 Å². The van der Waals surface area contributed by atoms with Crippen molar-refractivity contribution in [2.24, 2.45) is 0 Å². The van der Waals surface area contributed by atoms with Crippen LogP contribution in [0.25, 0.3) is 34.0 Å². The van der Waals surface area contributed by atoms with Crippen LogP contribution < -0.4 is 0 Å². The molecule has 4 rings (SSSR count). The van der Waals surface area contributed by atoms with Gasteiger partial charge in [-0.3, -0.25) is 0 Å². The van der Waals surface area contributed by atoms with Crippen molar-refractivity contribution >= 4 is 34.6 Å². The Balaban J connectivity index is 1.61. The van der Waals surface area contributed by atoms with E-state index in [1.54, 1.807) is 0 Å². The van der Waals surface area contributed by atoms with Crippen LogP contribution in [0.2, 0.25) is 5.02 Å². The third-order valence-electron chi connectivity index (χ3n) is 4.30. The van der Waals surface area contributed by atoms with Crippen molar-refractivity contribution in [2.45, 2.75) is 0 Å². The Labute approximate surface area is 173 Å². The maximum Gasteiger partial charge on any atom is 0.134 e. The van der Waals surface area contributed by atoms with E-state index in [1.807, 2.05) is 53.9 Å². The summed E-state index contributed by atoms with van der Waals surface area (Å²) < 4.78 is 0. The number of nitriles is 1. The molecule has 0 aliphatic rings. The zero-order chi connectivity index (χ0) is 19.3. The molecule has 2 nitrogen and oxygen atoms in total. The van der Waals surface area contributed by atoms with Crippen molar-refractivity contribution in [3.8, 4) is 28.5 Å². The third kappa shape index (κ3) is 4.04. The van der Waals surface area contributed by atoms with Crippen LogP contribution in [0.3, 0.4) is 0 Å². The zero-order valence-electron chi connectivity index (χ0n) is 14.8. The molecule has 0 unspecified atom stereocenters. The summed E-state index contributed by atoms with van der Waals surface area (Å²) in [7, 11) is 0. The SMILES string of the molecule is N#C/C(=C/c1cccc(Cl)c1)c1nc(-c2ccc(-c3ccccc3)cc2)cs1. The number of hydrogen-bond acceptors (Lipinski definition) is 3. The monoisotopic (exact) mass is 398 g/mol. The second-order valence-corrected chi connectivity index (χ2v) is 7.50. The highest BCUT2D eigenvalue weighted by molar-refractivity contribution is 7.11. The minimum Gasteiger partial charge on any atom is -0.235 e. The van der Waals surface area contributed by atoms with E-state index in [-0.39, 0.29) is 0 Å². The molecular weight excluding hydrogens is 384 g/mol. The molecule has 0 aliphatic carbocycles. The minimum atomic E-state index is 0.527. The zero-order valence-corrected chi connectivity index (χ0v) is 16.4. The molecule has 0 atom stereocenters. The molecule has 3 aromatic carbocycles. The molecule has 0 saturated heterocycles. The van der Waals surface area contributed by atoms with Gasteiger partial charge in [0.15, 0.2) is 0 Å². The number of thiazole rings is 1. The summed E-state index contributed by atoms with van der Waals surface area (Å²) in [6.07, 6.45) is 1.81. The first-order valence-corrected chi connectivity index (χ1v) is 9.98. The van der Waals surface area contributed by atoms with Crippen molar-refractivity contribution in [2.75, 3.05) is 0 Å². The topological polar surface area (TPSA) is 36.7 Å². The highest BCUT2D eigenvalue weighted by Crippen LogP contribution is 2.29. The molecule has 28 heavy (non-hydrogen) atoms. The van der Waals surface area contributed by atoms with Crippen molar-refractivity contribution in [1.29, 1.82) is 5.26 Å². The van der Waals surface area contributed by atoms with Crippen molar-refractivity contribution < 1.29 is 0 Å². The first-order valence-electron chi connectivity index (χ1n) is 8.72. The van der Waals surface area contributed by atoms with Crippen LogP contribution in [0.15, 0.2) is 84.2 Å². The van der Waals surface area contributed by atoms with Crippen LogP contribution in [0.4, 0.5) is 0 Å². The predicted molar refractivity (Wildman–Crippen MR) is 118 cm³/mol. The van der Waals surface area contributed by atoms with Gasteiger partial charge in [-0.15, -0.1) is 11.3 Å². The van der Waals surface area contributed by atoms with Gasteiger partial charge >= 0.3 is 0 Å². The fourth-order valence-corrected chi connectivity index (χ4v) is 3.89. The smallest absolute Gasteiger partial charge is 0.134 e. The van der Waals surface area contributed by atoms with Crippen LogP contribution >= 0.6 is 22.9 Å². The molecule has 1 aromatic heterocycles. The molecule has 4 heteroatoms. The van der Waals surface area contributed by atoms with Crippen LogP contribution in [0.1, 0.15) is 10.6 Å². The lowest BCUT2D eigenvalue weighted by Crippen LogP contribution is -1.84. The Morgan fingerprint density at radius 2 is 1.61 bits per heavy atom. The van der Waals surface area contributed by atoms with Gasteiger partial charge in [0.25, 0.3) is 0 Å². The summed E-state index contributed by atoms with van der Waals surface area (Å²) in [6.45, 7) is 0. The lowest BCUT2D eigenvalue weighted by molar-refractivity contribution is 1.37. The summed E-state index contributed by atoms with van der Waals surface area (Å²) in [5.41, 5.74) is 5.66. The molecule has 0 aliphatic heterocycles. The molecule has 0 radical (unpaired) electrons. The number of allylic oxidation sites excluding steroid dienone is 1. The van der Waals surface area contributed by atoms with Crippen LogP contribution in [-0.2, 0) is 0 Å². The minimum absolute atomic E-state index is 0.527. The Kier molecular flexibility index (Phi) is 5.34. The van der Waals surface area contributed by atoms with Crippen LogP contribution in [0.5, 0.6) is 0 Å². The van der Waals surface area contributed by atoms with E-state index in [4.69, 9.17) is 11.6 Å². The van der Waals surface area contributed by atoms with Gasteiger partial charge in [0.2, 0.25) is 0 Å². The van der Waals surface area contributed by atoms with E-state index < -0.39 is 0 Å². The number of benzene rings is 3. The van der Waals surface area contributed by atoms with E-state index in [9.17, 15) is 5.26 Å². The summed E-state index contributed by atoms with van der Waals surface area (Å²) in [5.74, 6) is 0. The molecule has 0 amide bonds. The Hall–Kier alpha value is -3.19. The number of rotatable bonds is 4. The molecular formula is C24H15ClN2S. The molecule has 0 fully saturated rings. The highest BCUT2D eigenvalue weighted by atomic mass is 35.5. The summed E-state index contributed by atoms with van der Waals surface area (Å²) in [5, 5.41) is 12.9. The summed E-state index contributed by atoms with van der Waals surface area (Å²) >= 11 is 7.50. The summed E-state index contributed by atoms with van der Waals surface area (Å²) in [4.78, 5) is 4.67. The lowest BCUT2D eigenvalue weighted by Gasteiger charge is -2.02. The van der Waals surface area contributed by atoms with Crippen LogP contribution in [0, 0.1) is 11.3 Å². The van der Waals surface area contributed by atoms with Gasteiger partial charge in [-0.25, -0.2) is 4.98 Å². The molecule has 0 spiro atoms. The number of halogens is 1. The van der Waals surface area contributed by atoms with Crippen molar-refractivity contribution in [3.05, 3.63) is 99.8 Å². The maximum atomic E-state index is 9.57. The number of aromatic nitrogens is 1. The fraction of sp³-hybridized carbons (Fsp3) is 0. The standard InChI is InChI=1S/C24H15ClN2S/c25-22-8-4-5-17(14-22)13-21(15-26)24-27-23(16-28-24)20-11-9-19(10-12-20)18-6-2-1-3-7-18/h1-14,16H/b21-13-. The first-order chi connectivity index (χ1) is 13.7. The van der Waals surface area contributed by atoms with Gasteiger partial charge in [0, 0.05) is 16.0 Å². The average Bonchev–Trinajstić information content (AvgIpc) is 3.23. The molecule has 134 valence electrons. The largest absolute Gasteiger partial charge is 0.235 e. The molecule has 4 aromatic rings. The van der Waals surface area contributed by atoms with Gasteiger partial charge in [-0.05, 0) is 34.9 Å². The normalized spacial score (nSPS) is 11.2. The van der Waals surface area contributed by atoms with E-state index in [2.05, 4.69) is 47.5 Å². The highest BCUT2D eigenvalue weighted by Gasteiger charge is 2.09. The predicted octanol–water partition coefficient (Wildman–Crippen LogP) is 7.19. The Morgan fingerprint density at radius 3 is 2.32 bits per heavy atom. The number of hydrogen-bond donors (Lipinski definition) is 0. The van der Waals surface area contributed by atoms with E-state index in [1.165, 1.54) is 22.5 Å².